The molecule has 2 aromatic rings. The minimum absolute atomic E-state index is 0.00376. The summed E-state index contributed by atoms with van der Waals surface area (Å²) < 4.78 is 11.1. The molecule has 160 valence electrons. The first-order valence-corrected chi connectivity index (χ1v) is 10.3. The highest BCUT2D eigenvalue weighted by Gasteiger charge is 2.39. The molecule has 0 unspecified atom stereocenters. The van der Waals surface area contributed by atoms with Gasteiger partial charge in [-0.15, -0.1) is 0 Å². The van der Waals surface area contributed by atoms with Gasteiger partial charge >= 0.3 is 5.97 Å². The van der Waals surface area contributed by atoms with Crippen LogP contribution in [0.1, 0.15) is 62.8 Å². The van der Waals surface area contributed by atoms with Gasteiger partial charge in [-0.05, 0) is 47.3 Å². The molecule has 0 bridgehead atoms. The number of hydrogen-bond acceptors (Lipinski definition) is 3. The van der Waals surface area contributed by atoms with Crippen LogP contribution in [0.25, 0.3) is 16.7 Å². The Bertz CT molecular complexity index is 998. The number of benzene rings is 2. The van der Waals surface area contributed by atoms with E-state index < -0.39 is 5.97 Å². The normalized spacial score (nSPS) is 16.6. The van der Waals surface area contributed by atoms with Gasteiger partial charge in [0.05, 0.1) is 5.57 Å². The Labute approximate surface area is 179 Å². The molecule has 0 aliphatic heterocycles. The molecule has 1 N–H and O–H groups in total. The smallest absolute Gasteiger partial charge is 0.335 e. The van der Waals surface area contributed by atoms with E-state index in [1.807, 2.05) is 12.1 Å². The largest absolute Gasteiger partial charge is 0.478 e. The number of fused-ring (bicyclic) bond motifs is 1. The van der Waals surface area contributed by atoms with E-state index in [0.717, 1.165) is 24.0 Å². The monoisotopic (exact) mass is 408 g/mol. The third kappa shape index (κ3) is 3.89. The van der Waals surface area contributed by atoms with Crippen LogP contribution in [0.5, 0.6) is 5.75 Å². The Morgan fingerprint density at radius 3 is 2.40 bits per heavy atom. The second-order valence-electron chi connectivity index (χ2n) is 9.52. The highest BCUT2D eigenvalue weighted by Crippen LogP contribution is 2.51. The Kier molecular flexibility index (Phi) is 5.83. The summed E-state index contributed by atoms with van der Waals surface area (Å²) in [6, 6.07) is 10.1. The molecule has 0 radical (unpaired) electrons. The number of carbonyl (C=O) groups is 1. The predicted octanol–water partition coefficient (Wildman–Crippen LogP) is 6.09. The first-order valence-electron chi connectivity index (χ1n) is 10.3. The Balaban J connectivity index is 2.37. The minimum Gasteiger partial charge on any atom is -0.478 e. The van der Waals surface area contributed by atoms with Crippen molar-refractivity contribution in [2.75, 3.05) is 13.9 Å². The lowest BCUT2D eigenvalue weighted by molar-refractivity contribution is -0.130. The van der Waals surface area contributed by atoms with Crippen LogP contribution in [-0.4, -0.2) is 25.0 Å². The van der Waals surface area contributed by atoms with Crippen molar-refractivity contribution < 1.29 is 19.4 Å². The lowest BCUT2D eigenvalue weighted by Crippen LogP contribution is -2.34. The third-order valence-corrected chi connectivity index (χ3v) is 6.27. The van der Waals surface area contributed by atoms with Gasteiger partial charge in [0.15, 0.2) is 6.79 Å². The van der Waals surface area contributed by atoms with E-state index in [1.165, 1.54) is 16.7 Å². The van der Waals surface area contributed by atoms with Gasteiger partial charge in [-0.3, -0.25) is 0 Å². The molecule has 0 amide bonds. The molecule has 0 spiro atoms. The fraction of sp³-hybridized carbons (Fsp3) is 0.423. The minimum atomic E-state index is -1.07. The molecule has 4 heteroatoms. The molecule has 0 saturated heterocycles. The van der Waals surface area contributed by atoms with E-state index >= 15 is 0 Å². The van der Waals surface area contributed by atoms with Crippen molar-refractivity contribution in [1.82, 2.24) is 0 Å². The molecule has 30 heavy (non-hydrogen) atoms. The van der Waals surface area contributed by atoms with Crippen LogP contribution < -0.4 is 4.74 Å². The van der Waals surface area contributed by atoms with Crippen molar-refractivity contribution in [3.63, 3.8) is 0 Å². The topological polar surface area (TPSA) is 55.8 Å². The van der Waals surface area contributed by atoms with Crippen LogP contribution >= 0.6 is 0 Å². The van der Waals surface area contributed by atoms with Gasteiger partial charge < -0.3 is 14.6 Å². The van der Waals surface area contributed by atoms with Gasteiger partial charge in [0.25, 0.3) is 0 Å². The molecular formula is C26H32O4. The molecular weight excluding hydrogens is 376 g/mol. The van der Waals surface area contributed by atoms with Crippen LogP contribution in [0.15, 0.2) is 36.9 Å². The molecule has 4 nitrogen and oxygen atoms in total. The molecule has 1 aliphatic carbocycles. The number of carboxylic acid groups (broad SMARTS) is 1. The number of aliphatic carboxylic acids is 1. The molecule has 2 aromatic carbocycles. The van der Waals surface area contributed by atoms with Gasteiger partial charge in [0.2, 0.25) is 0 Å². The van der Waals surface area contributed by atoms with E-state index in [9.17, 15) is 9.90 Å². The molecule has 0 saturated carbocycles. The number of methoxy groups -OCH3 is 1. The van der Waals surface area contributed by atoms with Crippen molar-refractivity contribution in [2.24, 2.45) is 0 Å². The summed E-state index contributed by atoms with van der Waals surface area (Å²) in [5.41, 5.74) is 6.34. The van der Waals surface area contributed by atoms with Crippen molar-refractivity contribution >= 4 is 11.5 Å². The molecule has 0 atom stereocenters. The van der Waals surface area contributed by atoms with E-state index in [0.29, 0.717) is 11.3 Å². The Hall–Kier alpha value is -2.59. The average Bonchev–Trinajstić information content (AvgIpc) is 2.68. The summed E-state index contributed by atoms with van der Waals surface area (Å²) in [5.74, 6) is -0.569. The fourth-order valence-corrected chi connectivity index (χ4v) is 4.52. The van der Waals surface area contributed by atoms with Crippen molar-refractivity contribution in [3.8, 4) is 16.9 Å². The number of carboxylic acids is 1. The SMILES string of the molecule is C=C(C(=O)O)c1cccc(-c2cc(C)cc3c2C(C)(C)CCC3(C)C)c1OCOC. The highest BCUT2D eigenvalue weighted by atomic mass is 16.7. The van der Waals surface area contributed by atoms with Gasteiger partial charge in [-0.2, -0.15) is 0 Å². The Morgan fingerprint density at radius 1 is 1.10 bits per heavy atom. The van der Waals surface area contributed by atoms with E-state index in [-0.39, 0.29) is 23.2 Å². The predicted molar refractivity (Wildman–Crippen MR) is 121 cm³/mol. The summed E-state index contributed by atoms with van der Waals surface area (Å²) in [4.78, 5) is 11.7. The lowest BCUT2D eigenvalue weighted by Gasteiger charge is -2.43. The maximum absolute atomic E-state index is 11.7. The number of ether oxygens (including phenoxy) is 2. The number of aryl methyl sites for hydroxylation is 1. The molecule has 1 aliphatic rings. The second kappa shape index (κ2) is 7.92. The van der Waals surface area contributed by atoms with Gasteiger partial charge in [-0.25, -0.2) is 4.79 Å². The summed E-state index contributed by atoms with van der Waals surface area (Å²) >= 11 is 0. The quantitative estimate of drug-likeness (QED) is 0.464. The maximum Gasteiger partial charge on any atom is 0.335 e. The zero-order valence-corrected chi connectivity index (χ0v) is 18.9. The van der Waals surface area contributed by atoms with Gasteiger partial charge in [0.1, 0.15) is 5.75 Å². The van der Waals surface area contributed by atoms with Crippen LogP contribution in [-0.2, 0) is 20.4 Å². The number of hydrogen-bond donors (Lipinski definition) is 1. The first-order chi connectivity index (χ1) is 14.0. The van der Waals surface area contributed by atoms with E-state index in [1.54, 1.807) is 13.2 Å². The van der Waals surface area contributed by atoms with E-state index in [4.69, 9.17) is 9.47 Å². The molecule has 3 rings (SSSR count). The standard InChI is InChI=1S/C26H32O4/c1-16-13-20(22-21(14-16)25(3,4)11-12-26(22,5)6)19-10-8-9-18(17(2)24(27)28)23(19)30-15-29-7/h8-10,13-14H,2,11-12,15H2,1,3-7H3,(H,27,28). The number of para-hydroxylation sites is 1. The Morgan fingerprint density at radius 2 is 1.77 bits per heavy atom. The summed E-state index contributed by atoms with van der Waals surface area (Å²) in [6.45, 7) is 15.1. The zero-order valence-electron chi connectivity index (χ0n) is 18.9. The highest BCUT2D eigenvalue weighted by molar-refractivity contribution is 6.16. The van der Waals surface area contributed by atoms with Gasteiger partial charge in [-0.1, -0.05) is 70.2 Å². The fourth-order valence-electron chi connectivity index (χ4n) is 4.52. The van der Waals surface area contributed by atoms with Crippen LogP contribution in [0.4, 0.5) is 0 Å². The summed E-state index contributed by atoms with van der Waals surface area (Å²) in [6.07, 6.45) is 2.21. The first kappa shape index (κ1) is 22.1. The number of rotatable bonds is 6. The molecule has 0 fully saturated rings. The van der Waals surface area contributed by atoms with Crippen LogP contribution in [0.2, 0.25) is 0 Å². The third-order valence-electron chi connectivity index (χ3n) is 6.27. The maximum atomic E-state index is 11.7. The second-order valence-corrected chi connectivity index (χ2v) is 9.52. The van der Waals surface area contributed by atoms with Crippen LogP contribution in [0, 0.1) is 6.92 Å². The molecule has 0 heterocycles. The summed E-state index contributed by atoms with van der Waals surface area (Å²) in [5, 5.41) is 9.55. The summed E-state index contributed by atoms with van der Waals surface area (Å²) in [7, 11) is 1.55. The molecule has 0 aromatic heterocycles. The van der Waals surface area contributed by atoms with Crippen molar-refractivity contribution in [2.45, 2.75) is 58.3 Å². The van der Waals surface area contributed by atoms with Crippen LogP contribution in [0.3, 0.4) is 0 Å². The van der Waals surface area contributed by atoms with Gasteiger partial charge in [0, 0.05) is 18.2 Å². The lowest BCUT2D eigenvalue weighted by atomic mass is 9.61. The average molecular weight is 409 g/mol. The van der Waals surface area contributed by atoms with Crippen molar-refractivity contribution in [3.05, 3.63) is 59.2 Å². The van der Waals surface area contributed by atoms with Crippen molar-refractivity contribution in [1.29, 1.82) is 0 Å². The van der Waals surface area contributed by atoms with E-state index in [2.05, 4.69) is 53.3 Å². The zero-order chi connectivity index (χ0) is 22.3.